The third-order valence-electron chi connectivity index (χ3n) is 4.23. The fourth-order valence-corrected chi connectivity index (χ4v) is 6.52. The highest BCUT2D eigenvalue weighted by molar-refractivity contribution is 7.79. The van der Waals surface area contributed by atoms with E-state index in [0.29, 0.717) is 0 Å². The number of benzene rings is 2. The minimum Gasteiger partial charge on any atom is -0.381 e. The van der Waals surface area contributed by atoms with Crippen LogP contribution in [0.15, 0.2) is 60.7 Å². The van der Waals surface area contributed by atoms with Crippen LogP contribution in [0, 0.1) is 0 Å². The van der Waals surface area contributed by atoms with Crippen LogP contribution in [0.1, 0.15) is 12.8 Å². The van der Waals surface area contributed by atoms with Gasteiger partial charge in [-0.1, -0.05) is 60.7 Å². The van der Waals surface area contributed by atoms with Gasteiger partial charge in [0.25, 0.3) is 0 Å². The van der Waals surface area contributed by atoms with E-state index < -0.39 is 7.14 Å². The van der Waals surface area contributed by atoms with Gasteiger partial charge in [0.05, 0.1) is 6.10 Å². The van der Waals surface area contributed by atoms with Crippen molar-refractivity contribution >= 4 is 17.8 Å². The van der Waals surface area contributed by atoms with Crippen LogP contribution in [0.3, 0.4) is 0 Å². The predicted molar refractivity (Wildman–Crippen MR) is 83.6 cm³/mol. The summed E-state index contributed by atoms with van der Waals surface area (Å²) in [5.74, 6) is 0. The molecule has 104 valence electrons. The Bertz CT molecular complexity index is 564. The zero-order valence-corrected chi connectivity index (χ0v) is 12.5. The number of ether oxygens (including phenoxy) is 1. The molecule has 0 heterocycles. The molecule has 1 aliphatic carbocycles. The van der Waals surface area contributed by atoms with Crippen LogP contribution in [-0.2, 0) is 9.30 Å². The Kier molecular flexibility index (Phi) is 3.78. The first-order chi connectivity index (χ1) is 9.76. The van der Waals surface area contributed by atoms with E-state index in [9.17, 15) is 4.57 Å². The smallest absolute Gasteiger partial charge is 0.148 e. The topological polar surface area (TPSA) is 26.3 Å². The highest BCUT2D eigenvalue weighted by Gasteiger charge is 2.46. The van der Waals surface area contributed by atoms with E-state index in [1.807, 2.05) is 60.7 Å². The summed E-state index contributed by atoms with van der Waals surface area (Å²) in [7, 11) is -0.907. The molecule has 2 atom stereocenters. The van der Waals surface area contributed by atoms with Crippen LogP contribution in [0.4, 0.5) is 0 Å². The van der Waals surface area contributed by atoms with E-state index in [4.69, 9.17) is 4.74 Å². The van der Waals surface area contributed by atoms with Crippen molar-refractivity contribution in [3.05, 3.63) is 60.7 Å². The summed E-state index contributed by atoms with van der Waals surface area (Å²) in [5, 5.41) is 1.89. The number of rotatable bonds is 4. The summed E-state index contributed by atoms with van der Waals surface area (Å²) in [6, 6.07) is 19.7. The van der Waals surface area contributed by atoms with Crippen molar-refractivity contribution in [2.45, 2.75) is 24.6 Å². The maximum absolute atomic E-state index is 13.9. The second-order valence-corrected chi connectivity index (χ2v) is 8.26. The normalized spacial score (nSPS) is 22.2. The molecule has 0 unspecified atom stereocenters. The molecule has 1 fully saturated rings. The molecule has 2 aromatic rings. The lowest BCUT2D eigenvalue weighted by atomic mass is 9.95. The number of hydrogen-bond acceptors (Lipinski definition) is 2. The van der Waals surface area contributed by atoms with E-state index in [-0.39, 0.29) is 11.8 Å². The zero-order chi connectivity index (χ0) is 14.0. The maximum atomic E-state index is 13.9. The van der Waals surface area contributed by atoms with Crippen molar-refractivity contribution in [3.8, 4) is 0 Å². The summed E-state index contributed by atoms with van der Waals surface area (Å²) in [4.78, 5) is 0. The Hall–Kier alpha value is -1.37. The third kappa shape index (κ3) is 2.13. The molecular weight excluding hydrogens is 267 g/mol. The van der Waals surface area contributed by atoms with Crippen molar-refractivity contribution in [2.75, 3.05) is 7.11 Å². The first kappa shape index (κ1) is 13.6. The quantitative estimate of drug-likeness (QED) is 0.807. The average Bonchev–Trinajstić information content (AvgIpc) is 2.48. The lowest BCUT2D eigenvalue weighted by Crippen LogP contribution is -2.43. The van der Waals surface area contributed by atoms with Crippen molar-refractivity contribution in [2.24, 2.45) is 0 Å². The lowest BCUT2D eigenvalue weighted by Gasteiger charge is -2.41. The summed E-state index contributed by atoms with van der Waals surface area (Å²) in [5.41, 5.74) is 0.109. The van der Waals surface area contributed by atoms with Crippen molar-refractivity contribution in [3.63, 3.8) is 0 Å². The fraction of sp³-hybridized carbons (Fsp3) is 0.294. The van der Waals surface area contributed by atoms with Gasteiger partial charge in [0.2, 0.25) is 0 Å². The fourth-order valence-electron chi connectivity index (χ4n) is 2.97. The molecule has 2 aromatic carbocycles. The molecule has 0 bridgehead atoms. The first-order valence-corrected chi connectivity index (χ1v) is 8.78. The van der Waals surface area contributed by atoms with Crippen LogP contribution in [0.2, 0.25) is 0 Å². The van der Waals surface area contributed by atoms with Gasteiger partial charge in [-0.15, -0.1) is 0 Å². The summed E-state index contributed by atoms with van der Waals surface area (Å²) in [6.07, 6.45) is 2.09. The lowest BCUT2D eigenvalue weighted by molar-refractivity contribution is 0.0450. The standard InChI is InChI=1S/C17H19O2P/c1-19-16-12-13-17(16)20(18,14-8-4-2-5-9-14)15-10-6-3-7-11-15/h2-11,16-17H,12-13H2,1H3/t16-,17-/m0/s1. The predicted octanol–water partition coefficient (Wildman–Crippen LogP) is 3.18. The van der Waals surface area contributed by atoms with Crippen LogP contribution in [0.5, 0.6) is 0 Å². The van der Waals surface area contributed by atoms with Gasteiger partial charge in [-0.25, -0.2) is 0 Å². The van der Waals surface area contributed by atoms with Crippen molar-refractivity contribution in [1.29, 1.82) is 0 Å². The SMILES string of the molecule is CO[C@H]1CC[C@@H]1P(=O)(c1ccccc1)c1ccccc1. The van der Waals surface area contributed by atoms with Gasteiger partial charge in [0.15, 0.2) is 0 Å². The average molecular weight is 286 g/mol. The molecule has 3 rings (SSSR count). The first-order valence-electron chi connectivity index (χ1n) is 7.00. The van der Waals surface area contributed by atoms with E-state index in [2.05, 4.69) is 0 Å². The molecule has 0 radical (unpaired) electrons. The summed E-state index contributed by atoms with van der Waals surface area (Å²) >= 11 is 0. The molecule has 0 aliphatic heterocycles. The molecule has 1 aliphatic rings. The molecule has 0 spiro atoms. The van der Waals surface area contributed by atoms with Crippen LogP contribution in [0.25, 0.3) is 0 Å². The van der Waals surface area contributed by atoms with E-state index in [1.165, 1.54) is 0 Å². The van der Waals surface area contributed by atoms with Crippen molar-refractivity contribution in [1.82, 2.24) is 0 Å². The Morgan fingerprint density at radius 3 is 1.75 bits per heavy atom. The van der Waals surface area contributed by atoms with E-state index in [1.54, 1.807) is 7.11 Å². The van der Waals surface area contributed by atoms with Gasteiger partial charge < -0.3 is 9.30 Å². The number of methoxy groups -OCH3 is 1. The Morgan fingerprint density at radius 1 is 0.900 bits per heavy atom. The maximum Gasteiger partial charge on any atom is 0.148 e. The van der Waals surface area contributed by atoms with Gasteiger partial charge in [-0.3, -0.25) is 0 Å². The Balaban J connectivity index is 2.11. The highest BCUT2D eigenvalue weighted by atomic mass is 31.2. The van der Waals surface area contributed by atoms with Gasteiger partial charge in [-0.05, 0) is 12.8 Å². The molecule has 1 saturated carbocycles. The molecule has 0 saturated heterocycles. The molecule has 0 amide bonds. The molecule has 0 aromatic heterocycles. The molecule has 20 heavy (non-hydrogen) atoms. The second-order valence-electron chi connectivity index (χ2n) is 5.25. The molecule has 0 N–H and O–H groups in total. The van der Waals surface area contributed by atoms with E-state index in [0.717, 1.165) is 23.5 Å². The molecular formula is C17H19O2P. The van der Waals surface area contributed by atoms with Crippen LogP contribution < -0.4 is 10.6 Å². The number of hydrogen-bond donors (Lipinski definition) is 0. The third-order valence-corrected chi connectivity index (χ3v) is 7.88. The van der Waals surface area contributed by atoms with E-state index >= 15 is 0 Å². The monoisotopic (exact) mass is 286 g/mol. The minimum atomic E-state index is -2.63. The summed E-state index contributed by atoms with van der Waals surface area (Å²) in [6.45, 7) is 0. The Labute approximate surface area is 120 Å². The second kappa shape index (κ2) is 5.55. The molecule has 3 heteroatoms. The minimum absolute atomic E-state index is 0.109. The Morgan fingerprint density at radius 2 is 1.40 bits per heavy atom. The van der Waals surface area contributed by atoms with Crippen LogP contribution >= 0.6 is 7.14 Å². The van der Waals surface area contributed by atoms with Crippen molar-refractivity contribution < 1.29 is 9.30 Å². The highest BCUT2D eigenvalue weighted by Crippen LogP contribution is 2.56. The van der Waals surface area contributed by atoms with Gasteiger partial charge in [-0.2, -0.15) is 0 Å². The van der Waals surface area contributed by atoms with Crippen LogP contribution in [-0.4, -0.2) is 18.9 Å². The van der Waals surface area contributed by atoms with Gasteiger partial charge >= 0.3 is 0 Å². The molecule has 2 nitrogen and oxygen atoms in total. The zero-order valence-electron chi connectivity index (χ0n) is 11.6. The largest absolute Gasteiger partial charge is 0.381 e. The summed E-state index contributed by atoms with van der Waals surface area (Å²) < 4.78 is 19.4. The van der Waals surface area contributed by atoms with Gasteiger partial charge in [0.1, 0.15) is 7.14 Å². The van der Waals surface area contributed by atoms with Gasteiger partial charge in [0, 0.05) is 23.4 Å².